The maximum atomic E-state index is 10.7. The summed E-state index contributed by atoms with van der Waals surface area (Å²) in [5, 5.41) is 37.6. The second-order valence-corrected chi connectivity index (χ2v) is 5.60. The van der Waals surface area contributed by atoms with Gasteiger partial charge in [-0.1, -0.05) is 0 Å². The molecule has 25 heavy (non-hydrogen) atoms. The first kappa shape index (κ1) is 16.8. The third-order valence-electron chi connectivity index (χ3n) is 4.08. The molecule has 0 spiro atoms. The Kier molecular flexibility index (Phi) is 4.87. The Bertz CT molecular complexity index is 788. The molecular weight excluding hydrogens is 326 g/mol. The van der Waals surface area contributed by atoms with Gasteiger partial charge < -0.3 is 10.0 Å². The van der Waals surface area contributed by atoms with Gasteiger partial charge in [0.25, 0.3) is 5.69 Å². The van der Waals surface area contributed by atoms with Gasteiger partial charge in [-0.25, -0.2) is 0 Å². The highest BCUT2D eigenvalue weighted by atomic mass is 16.6. The van der Waals surface area contributed by atoms with Crippen molar-refractivity contribution in [3.63, 3.8) is 0 Å². The number of nitriles is 1. The fourth-order valence-corrected chi connectivity index (χ4v) is 2.73. The normalized spacial score (nSPS) is 15.1. The molecule has 0 bridgehead atoms. The predicted octanol–water partition coefficient (Wildman–Crippen LogP) is 0.161. The van der Waals surface area contributed by atoms with Crippen molar-refractivity contribution in [1.82, 2.24) is 19.9 Å². The number of aliphatic hydroxyl groups is 1. The number of aliphatic hydroxyl groups excluding tert-OH is 1. The monoisotopic (exact) mass is 343 g/mol. The number of nitro benzene ring substituents is 1. The Labute approximate surface area is 143 Å². The molecule has 10 nitrogen and oxygen atoms in total. The fourth-order valence-electron chi connectivity index (χ4n) is 2.73. The zero-order valence-electron chi connectivity index (χ0n) is 13.4. The van der Waals surface area contributed by atoms with Crippen molar-refractivity contribution in [3.8, 4) is 11.8 Å². The number of rotatable bonds is 5. The average Bonchev–Trinajstić information content (AvgIpc) is 3.07. The van der Waals surface area contributed by atoms with Crippen molar-refractivity contribution in [2.24, 2.45) is 0 Å². The molecule has 0 saturated carbocycles. The average molecular weight is 343 g/mol. The number of nitrogens with zero attached hydrogens (tertiary/aromatic N) is 7. The van der Waals surface area contributed by atoms with Gasteiger partial charge in [0.05, 0.1) is 17.2 Å². The van der Waals surface area contributed by atoms with Crippen LogP contribution in [-0.2, 0) is 0 Å². The summed E-state index contributed by atoms with van der Waals surface area (Å²) in [5.41, 5.74) is 0.748. The lowest BCUT2D eigenvalue weighted by atomic mass is 10.3. The van der Waals surface area contributed by atoms with Crippen molar-refractivity contribution >= 4 is 11.5 Å². The van der Waals surface area contributed by atoms with E-state index in [-0.39, 0.29) is 18.0 Å². The summed E-state index contributed by atoms with van der Waals surface area (Å²) >= 11 is 0. The molecule has 130 valence electrons. The molecule has 1 aliphatic heterocycles. The maximum Gasteiger partial charge on any atom is 0.269 e. The molecule has 2 heterocycles. The molecule has 1 N–H and O–H groups in total. The highest BCUT2D eigenvalue weighted by Crippen LogP contribution is 2.20. The first-order valence-corrected chi connectivity index (χ1v) is 7.83. The summed E-state index contributed by atoms with van der Waals surface area (Å²) < 4.78 is 0. The number of piperazine rings is 1. The summed E-state index contributed by atoms with van der Waals surface area (Å²) in [6, 6.07) is 7.89. The number of hydrogen-bond acceptors (Lipinski definition) is 8. The molecule has 0 amide bonds. The second-order valence-electron chi connectivity index (χ2n) is 5.60. The van der Waals surface area contributed by atoms with Gasteiger partial charge in [-0.05, 0) is 12.1 Å². The fraction of sp³-hybridized carbons (Fsp3) is 0.400. The third kappa shape index (κ3) is 3.57. The molecule has 3 rings (SSSR count). The van der Waals surface area contributed by atoms with Crippen LogP contribution in [-0.4, -0.2) is 69.3 Å². The van der Waals surface area contributed by atoms with Crippen molar-refractivity contribution in [1.29, 1.82) is 5.26 Å². The minimum Gasteiger partial charge on any atom is -0.395 e. The predicted molar refractivity (Wildman–Crippen MR) is 88.5 cm³/mol. The van der Waals surface area contributed by atoms with E-state index >= 15 is 0 Å². The van der Waals surface area contributed by atoms with Crippen LogP contribution in [0.2, 0.25) is 0 Å². The molecular formula is C15H17N7O3. The number of anilines is 1. The quantitative estimate of drug-likeness (QED) is 0.601. The SMILES string of the molecule is N#Cc1nn(-c2ccc([N+](=O)[O-])cc2)nc1N1CCN(CCO)CC1. The van der Waals surface area contributed by atoms with Gasteiger partial charge >= 0.3 is 0 Å². The minimum atomic E-state index is -0.474. The van der Waals surface area contributed by atoms with Crippen LogP contribution in [0.25, 0.3) is 5.69 Å². The molecule has 1 saturated heterocycles. The van der Waals surface area contributed by atoms with E-state index in [9.17, 15) is 15.4 Å². The van der Waals surface area contributed by atoms with Gasteiger partial charge in [-0.15, -0.1) is 15.0 Å². The van der Waals surface area contributed by atoms with Gasteiger partial charge in [-0.2, -0.15) is 5.26 Å². The first-order chi connectivity index (χ1) is 12.1. The number of benzene rings is 1. The Morgan fingerprint density at radius 3 is 2.44 bits per heavy atom. The molecule has 0 unspecified atom stereocenters. The van der Waals surface area contributed by atoms with Crippen LogP contribution in [0.3, 0.4) is 0 Å². The van der Waals surface area contributed by atoms with E-state index in [0.29, 0.717) is 31.1 Å². The minimum absolute atomic E-state index is 0.0170. The highest BCUT2D eigenvalue weighted by Gasteiger charge is 2.23. The Balaban J connectivity index is 1.80. The van der Waals surface area contributed by atoms with E-state index in [2.05, 4.69) is 21.2 Å². The largest absolute Gasteiger partial charge is 0.395 e. The van der Waals surface area contributed by atoms with E-state index in [4.69, 9.17) is 5.11 Å². The van der Waals surface area contributed by atoms with Crippen molar-refractivity contribution < 1.29 is 10.0 Å². The molecule has 10 heteroatoms. The van der Waals surface area contributed by atoms with Gasteiger partial charge in [-0.3, -0.25) is 15.0 Å². The summed E-state index contributed by atoms with van der Waals surface area (Å²) in [6.07, 6.45) is 0. The van der Waals surface area contributed by atoms with Crippen LogP contribution >= 0.6 is 0 Å². The van der Waals surface area contributed by atoms with Crippen LogP contribution < -0.4 is 4.90 Å². The number of β-amino-alcohol motifs (C(OH)–C–C–N with tert-alkyl or cyclic N) is 1. The van der Waals surface area contributed by atoms with E-state index in [1.807, 2.05) is 4.90 Å². The van der Waals surface area contributed by atoms with E-state index in [0.717, 1.165) is 13.1 Å². The highest BCUT2D eigenvalue weighted by molar-refractivity contribution is 5.51. The van der Waals surface area contributed by atoms with Crippen LogP contribution in [0, 0.1) is 21.4 Å². The molecule has 1 aromatic heterocycles. The summed E-state index contributed by atoms with van der Waals surface area (Å²) in [7, 11) is 0. The molecule has 1 aliphatic rings. The molecule has 1 aromatic carbocycles. The number of non-ortho nitro benzene ring substituents is 1. The third-order valence-corrected chi connectivity index (χ3v) is 4.08. The maximum absolute atomic E-state index is 10.7. The van der Waals surface area contributed by atoms with E-state index in [1.54, 1.807) is 12.1 Å². The summed E-state index contributed by atoms with van der Waals surface area (Å²) in [4.78, 5) is 15.7. The lowest BCUT2D eigenvalue weighted by Crippen LogP contribution is -2.47. The summed E-state index contributed by atoms with van der Waals surface area (Å²) in [5.74, 6) is 0.504. The van der Waals surface area contributed by atoms with Crippen molar-refractivity contribution in [2.45, 2.75) is 0 Å². The molecule has 0 radical (unpaired) electrons. The first-order valence-electron chi connectivity index (χ1n) is 7.83. The lowest BCUT2D eigenvalue weighted by molar-refractivity contribution is -0.384. The van der Waals surface area contributed by atoms with Gasteiger partial charge in [0.2, 0.25) is 5.69 Å². The second kappa shape index (κ2) is 7.25. The van der Waals surface area contributed by atoms with Crippen LogP contribution in [0.5, 0.6) is 0 Å². The number of aromatic nitrogens is 3. The Morgan fingerprint density at radius 1 is 1.20 bits per heavy atom. The Hall–Kier alpha value is -3.03. The summed E-state index contributed by atoms with van der Waals surface area (Å²) in [6.45, 7) is 3.68. The number of nitro groups is 1. The van der Waals surface area contributed by atoms with Crippen molar-refractivity contribution in [3.05, 3.63) is 40.1 Å². The van der Waals surface area contributed by atoms with E-state index < -0.39 is 4.92 Å². The zero-order chi connectivity index (χ0) is 17.8. The van der Waals surface area contributed by atoms with Gasteiger partial charge in [0.1, 0.15) is 6.07 Å². The van der Waals surface area contributed by atoms with Crippen LogP contribution in [0.1, 0.15) is 5.69 Å². The van der Waals surface area contributed by atoms with Crippen molar-refractivity contribution in [2.75, 3.05) is 44.2 Å². The standard InChI is InChI=1S/C15H17N7O3/c16-11-14-15(20-7-5-19(6-8-20)9-10-23)18-21(17-14)12-1-3-13(4-2-12)22(24)25/h1-4,23H,5-10H2. The van der Waals surface area contributed by atoms with Crippen LogP contribution in [0.4, 0.5) is 11.5 Å². The Morgan fingerprint density at radius 2 is 1.88 bits per heavy atom. The zero-order valence-corrected chi connectivity index (χ0v) is 13.4. The molecule has 1 fully saturated rings. The molecule has 0 atom stereocenters. The molecule has 2 aromatic rings. The van der Waals surface area contributed by atoms with Crippen LogP contribution in [0.15, 0.2) is 24.3 Å². The van der Waals surface area contributed by atoms with E-state index in [1.165, 1.54) is 16.9 Å². The molecule has 0 aliphatic carbocycles. The topological polar surface area (TPSA) is 124 Å². The lowest BCUT2D eigenvalue weighted by Gasteiger charge is -2.34. The van der Waals surface area contributed by atoms with Gasteiger partial charge in [0, 0.05) is 44.9 Å². The smallest absolute Gasteiger partial charge is 0.269 e. The van der Waals surface area contributed by atoms with Gasteiger partial charge in [0.15, 0.2) is 5.82 Å². The number of hydrogen-bond donors (Lipinski definition) is 1.